The van der Waals surface area contributed by atoms with Gasteiger partial charge in [-0.25, -0.2) is 0 Å². The normalized spacial score (nSPS) is 24.5. The van der Waals surface area contributed by atoms with E-state index < -0.39 is 0 Å². The van der Waals surface area contributed by atoms with E-state index in [0.717, 1.165) is 31.4 Å². The third-order valence-corrected chi connectivity index (χ3v) is 5.70. The number of carbonyl (C=O) groups excluding carboxylic acids is 2. The van der Waals surface area contributed by atoms with Crippen LogP contribution < -0.4 is 10.6 Å². The molecule has 0 radical (unpaired) electrons. The predicted molar refractivity (Wildman–Crippen MR) is 100 cm³/mol. The Morgan fingerprint density at radius 2 is 1.56 bits per heavy atom. The maximum Gasteiger partial charge on any atom is 0.227 e. The van der Waals surface area contributed by atoms with Crippen molar-refractivity contribution in [2.75, 3.05) is 5.32 Å². The molecule has 0 heterocycles. The van der Waals surface area contributed by atoms with E-state index in [1.165, 1.54) is 32.1 Å². The van der Waals surface area contributed by atoms with Gasteiger partial charge in [0.1, 0.15) is 0 Å². The van der Waals surface area contributed by atoms with E-state index in [2.05, 4.69) is 10.6 Å². The minimum absolute atomic E-state index is 0.0618. The zero-order chi connectivity index (χ0) is 17.5. The molecule has 2 amide bonds. The first-order valence-electron chi connectivity index (χ1n) is 9.86. The minimum atomic E-state index is 0.0618. The Balaban J connectivity index is 1.37. The van der Waals surface area contributed by atoms with Gasteiger partial charge in [-0.3, -0.25) is 9.59 Å². The van der Waals surface area contributed by atoms with Crippen LogP contribution >= 0.6 is 0 Å². The van der Waals surface area contributed by atoms with Crippen LogP contribution in [0, 0.1) is 11.8 Å². The van der Waals surface area contributed by atoms with Crippen molar-refractivity contribution < 1.29 is 9.59 Å². The number of carbonyl (C=O) groups is 2. The van der Waals surface area contributed by atoms with Gasteiger partial charge in [0.15, 0.2) is 0 Å². The largest absolute Gasteiger partial charge is 0.353 e. The molecule has 3 rings (SSSR count). The van der Waals surface area contributed by atoms with Gasteiger partial charge in [-0.05, 0) is 56.6 Å². The van der Waals surface area contributed by atoms with Crippen molar-refractivity contribution in [2.24, 2.45) is 11.8 Å². The number of hydrogen-bond acceptors (Lipinski definition) is 2. The quantitative estimate of drug-likeness (QED) is 0.839. The van der Waals surface area contributed by atoms with Gasteiger partial charge in [0.05, 0.1) is 0 Å². The average Bonchev–Trinajstić information content (AvgIpc) is 2.64. The second kappa shape index (κ2) is 9.02. The Morgan fingerprint density at radius 3 is 2.24 bits per heavy atom. The highest BCUT2D eigenvalue weighted by Gasteiger charge is 2.27. The van der Waals surface area contributed by atoms with Crippen molar-refractivity contribution in [3.8, 4) is 0 Å². The number of anilines is 1. The highest BCUT2D eigenvalue weighted by molar-refractivity contribution is 5.92. The molecule has 0 atom stereocenters. The summed E-state index contributed by atoms with van der Waals surface area (Å²) in [7, 11) is 0. The maximum absolute atomic E-state index is 12.4. The number of rotatable bonds is 5. The van der Waals surface area contributed by atoms with Crippen LogP contribution in [0.4, 0.5) is 5.69 Å². The van der Waals surface area contributed by atoms with E-state index in [9.17, 15) is 9.59 Å². The molecule has 0 aromatic heterocycles. The van der Waals surface area contributed by atoms with Crippen LogP contribution in [0.15, 0.2) is 30.3 Å². The molecule has 2 fully saturated rings. The zero-order valence-electron chi connectivity index (χ0n) is 15.0. The van der Waals surface area contributed by atoms with Crippen molar-refractivity contribution in [3.05, 3.63) is 30.3 Å². The molecule has 0 saturated heterocycles. The fraction of sp³-hybridized carbons (Fsp3) is 0.619. The lowest BCUT2D eigenvalue weighted by atomic mass is 9.84. The van der Waals surface area contributed by atoms with Gasteiger partial charge < -0.3 is 10.6 Å². The summed E-state index contributed by atoms with van der Waals surface area (Å²) in [6, 6.07) is 9.86. The summed E-state index contributed by atoms with van der Waals surface area (Å²) >= 11 is 0. The topological polar surface area (TPSA) is 58.2 Å². The fourth-order valence-corrected chi connectivity index (χ4v) is 4.21. The number of benzene rings is 1. The minimum Gasteiger partial charge on any atom is -0.353 e. The Hall–Kier alpha value is -1.84. The highest BCUT2D eigenvalue weighted by Crippen LogP contribution is 2.28. The molecule has 0 unspecified atom stereocenters. The van der Waals surface area contributed by atoms with Crippen molar-refractivity contribution >= 4 is 17.5 Å². The Morgan fingerprint density at radius 1 is 0.880 bits per heavy atom. The summed E-state index contributed by atoms with van der Waals surface area (Å²) in [5.41, 5.74) is 0.857. The smallest absolute Gasteiger partial charge is 0.227 e. The molecule has 0 spiro atoms. The molecule has 0 aliphatic heterocycles. The number of nitrogens with one attached hydrogen (secondary N) is 2. The Kier molecular flexibility index (Phi) is 6.48. The van der Waals surface area contributed by atoms with Gasteiger partial charge in [0, 0.05) is 24.1 Å². The molecule has 0 bridgehead atoms. The van der Waals surface area contributed by atoms with Crippen LogP contribution in [-0.2, 0) is 9.59 Å². The third kappa shape index (κ3) is 5.58. The van der Waals surface area contributed by atoms with Crippen LogP contribution in [0.5, 0.6) is 0 Å². The number of para-hydroxylation sites is 1. The predicted octanol–water partition coefficient (Wildman–Crippen LogP) is 4.27. The van der Waals surface area contributed by atoms with E-state index >= 15 is 0 Å². The lowest BCUT2D eigenvalue weighted by Crippen LogP contribution is -2.40. The van der Waals surface area contributed by atoms with Crippen LogP contribution in [0.2, 0.25) is 0 Å². The van der Waals surface area contributed by atoms with E-state index in [0.29, 0.717) is 12.3 Å². The molecule has 1 aromatic carbocycles. The van der Waals surface area contributed by atoms with Gasteiger partial charge in [-0.2, -0.15) is 0 Å². The van der Waals surface area contributed by atoms with Crippen molar-refractivity contribution in [2.45, 2.75) is 70.3 Å². The summed E-state index contributed by atoms with van der Waals surface area (Å²) in [6.07, 6.45) is 10.5. The fourth-order valence-electron chi connectivity index (χ4n) is 4.21. The monoisotopic (exact) mass is 342 g/mol. The first-order chi connectivity index (χ1) is 12.2. The van der Waals surface area contributed by atoms with Gasteiger partial charge in [0.25, 0.3) is 0 Å². The molecule has 2 N–H and O–H groups in total. The number of amides is 2. The molecule has 2 aliphatic carbocycles. The van der Waals surface area contributed by atoms with Gasteiger partial charge in [-0.1, -0.05) is 37.5 Å². The second-order valence-electron chi connectivity index (χ2n) is 7.68. The first kappa shape index (κ1) is 18.0. The molecular formula is C21H30N2O2. The van der Waals surface area contributed by atoms with Crippen molar-refractivity contribution in [1.29, 1.82) is 0 Å². The molecule has 2 saturated carbocycles. The molecule has 2 aliphatic rings. The van der Waals surface area contributed by atoms with Crippen molar-refractivity contribution in [1.82, 2.24) is 5.32 Å². The second-order valence-corrected chi connectivity index (χ2v) is 7.68. The first-order valence-corrected chi connectivity index (χ1v) is 9.86. The third-order valence-electron chi connectivity index (χ3n) is 5.70. The SMILES string of the molecule is O=C(CC1CCCCC1)NC1CCC(C(=O)Nc2ccccc2)CC1. The van der Waals surface area contributed by atoms with Crippen LogP contribution in [0.3, 0.4) is 0 Å². The van der Waals surface area contributed by atoms with Gasteiger partial charge in [-0.15, -0.1) is 0 Å². The molecule has 1 aromatic rings. The Bertz CT molecular complexity index is 559. The van der Waals surface area contributed by atoms with E-state index in [1.54, 1.807) is 0 Å². The summed E-state index contributed by atoms with van der Waals surface area (Å²) in [6.45, 7) is 0. The van der Waals surface area contributed by atoms with Gasteiger partial charge >= 0.3 is 0 Å². The molecule has 25 heavy (non-hydrogen) atoms. The molecule has 4 nitrogen and oxygen atoms in total. The summed E-state index contributed by atoms with van der Waals surface area (Å²) in [5, 5.41) is 6.20. The van der Waals surface area contributed by atoms with E-state index in [4.69, 9.17) is 0 Å². The lowest BCUT2D eigenvalue weighted by Gasteiger charge is -2.29. The Labute approximate surface area is 150 Å². The van der Waals surface area contributed by atoms with Crippen LogP contribution in [0.25, 0.3) is 0 Å². The van der Waals surface area contributed by atoms with E-state index in [1.807, 2.05) is 30.3 Å². The average molecular weight is 342 g/mol. The number of hydrogen-bond donors (Lipinski definition) is 2. The zero-order valence-corrected chi connectivity index (χ0v) is 15.0. The molecular weight excluding hydrogens is 312 g/mol. The highest BCUT2D eigenvalue weighted by atomic mass is 16.2. The lowest BCUT2D eigenvalue weighted by molar-refractivity contribution is -0.123. The summed E-state index contributed by atoms with van der Waals surface area (Å²) < 4.78 is 0. The van der Waals surface area contributed by atoms with Gasteiger partial charge in [0.2, 0.25) is 11.8 Å². The van der Waals surface area contributed by atoms with E-state index in [-0.39, 0.29) is 23.8 Å². The maximum atomic E-state index is 12.4. The van der Waals surface area contributed by atoms with Crippen LogP contribution in [-0.4, -0.2) is 17.9 Å². The standard InChI is InChI=1S/C21H30N2O2/c24-20(15-16-7-3-1-4-8-16)22-19-13-11-17(12-14-19)21(25)23-18-9-5-2-6-10-18/h2,5-6,9-10,16-17,19H,1,3-4,7-8,11-15H2,(H,22,24)(H,23,25). The summed E-state index contributed by atoms with van der Waals surface area (Å²) in [5.74, 6) is 0.968. The molecule has 136 valence electrons. The van der Waals surface area contributed by atoms with Crippen LogP contribution in [0.1, 0.15) is 64.2 Å². The summed E-state index contributed by atoms with van der Waals surface area (Å²) in [4.78, 5) is 24.6. The van der Waals surface area contributed by atoms with Crippen molar-refractivity contribution in [3.63, 3.8) is 0 Å². The molecule has 4 heteroatoms.